The van der Waals surface area contributed by atoms with E-state index in [2.05, 4.69) is 12.2 Å². The zero-order valence-electron chi connectivity index (χ0n) is 12.1. The van der Waals surface area contributed by atoms with Crippen LogP contribution in [0.4, 0.5) is 0 Å². The van der Waals surface area contributed by atoms with Gasteiger partial charge in [0.25, 0.3) is 0 Å². The van der Waals surface area contributed by atoms with Crippen LogP contribution in [0.2, 0.25) is 0 Å². The number of ether oxygens (including phenoxy) is 2. The maximum atomic E-state index is 9.66. The molecule has 1 aliphatic carbocycles. The molecule has 18 heavy (non-hydrogen) atoms. The minimum absolute atomic E-state index is 0.126. The lowest BCUT2D eigenvalue weighted by molar-refractivity contribution is -0.137. The van der Waals surface area contributed by atoms with Crippen molar-refractivity contribution in [1.82, 2.24) is 5.32 Å². The first kappa shape index (κ1) is 15.9. The molecule has 0 bridgehead atoms. The molecule has 0 atom stereocenters. The zero-order chi connectivity index (χ0) is 13.4. The smallest absolute Gasteiger partial charge is 0.169 e. The van der Waals surface area contributed by atoms with Crippen molar-refractivity contribution in [3.8, 4) is 0 Å². The minimum atomic E-state index is -0.206. The average Bonchev–Trinajstić information content (AvgIpc) is 2.39. The lowest BCUT2D eigenvalue weighted by Gasteiger charge is -2.39. The zero-order valence-corrected chi connectivity index (χ0v) is 12.1. The summed E-state index contributed by atoms with van der Waals surface area (Å²) >= 11 is 0. The van der Waals surface area contributed by atoms with Crippen LogP contribution in [0, 0.1) is 5.92 Å². The fraction of sp³-hybridized carbons (Fsp3) is 1.00. The van der Waals surface area contributed by atoms with Gasteiger partial charge in [0, 0.05) is 25.3 Å². The fourth-order valence-corrected chi connectivity index (χ4v) is 2.54. The van der Waals surface area contributed by atoms with E-state index in [9.17, 15) is 5.11 Å². The van der Waals surface area contributed by atoms with Gasteiger partial charge in [-0.1, -0.05) is 6.92 Å². The van der Waals surface area contributed by atoms with Gasteiger partial charge in [0.15, 0.2) is 6.29 Å². The molecule has 0 amide bonds. The predicted molar refractivity (Wildman–Crippen MR) is 72.5 cm³/mol. The Kier molecular flexibility index (Phi) is 7.15. The molecule has 108 valence electrons. The lowest BCUT2D eigenvalue weighted by Crippen LogP contribution is -2.53. The quantitative estimate of drug-likeness (QED) is 0.654. The normalized spacial score (nSPS) is 28.8. The average molecular weight is 259 g/mol. The van der Waals surface area contributed by atoms with Crippen LogP contribution in [-0.2, 0) is 9.47 Å². The third-order valence-electron chi connectivity index (χ3n) is 3.88. The maximum Gasteiger partial charge on any atom is 0.169 e. The second kappa shape index (κ2) is 8.10. The molecule has 1 rings (SSSR count). The summed E-state index contributed by atoms with van der Waals surface area (Å²) in [6.45, 7) is 8.36. The molecule has 0 spiro atoms. The Bertz CT molecular complexity index is 209. The van der Waals surface area contributed by atoms with E-state index in [1.807, 2.05) is 13.8 Å². The van der Waals surface area contributed by atoms with E-state index in [1.54, 1.807) is 0 Å². The molecule has 0 heterocycles. The SMILES string of the molecule is CCOC(CNC1(CO)CCC(C)CC1)OCC. The molecule has 0 radical (unpaired) electrons. The van der Waals surface area contributed by atoms with Crippen LogP contribution >= 0.6 is 0 Å². The van der Waals surface area contributed by atoms with E-state index in [4.69, 9.17) is 9.47 Å². The molecule has 0 aromatic rings. The fourth-order valence-electron chi connectivity index (χ4n) is 2.54. The predicted octanol–water partition coefficient (Wildman–Crippen LogP) is 1.92. The number of aliphatic hydroxyl groups is 1. The standard InChI is InChI=1S/C14H29NO3/c1-4-17-13(18-5-2)10-15-14(11-16)8-6-12(3)7-9-14/h12-13,15-16H,4-11H2,1-3H3. The van der Waals surface area contributed by atoms with Crippen molar-refractivity contribution >= 4 is 0 Å². The first-order valence-electron chi connectivity index (χ1n) is 7.25. The molecule has 0 aliphatic heterocycles. The van der Waals surface area contributed by atoms with Gasteiger partial charge in [-0.3, -0.25) is 0 Å². The van der Waals surface area contributed by atoms with Crippen molar-refractivity contribution in [2.75, 3.05) is 26.4 Å². The highest BCUT2D eigenvalue weighted by Gasteiger charge is 2.33. The Labute approximate surface area is 111 Å². The van der Waals surface area contributed by atoms with Crippen LogP contribution in [0.1, 0.15) is 46.5 Å². The molecule has 1 aliphatic rings. The monoisotopic (exact) mass is 259 g/mol. The summed E-state index contributed by atoms with van der Waals surface area (Å²) in [6.07, 6.45) is 4.23. The van der Waals surface area contributed by atoms with Gasteiger partial charge < -0.3 is 19.9 Å². The van der Waals surface area contributed by atoms with Gasteiger partial charge in [0.1, 0.15) is 0 Å². The molecular weight excluding hydrogens is 230 g/mol. The van der Waals surface area contributed by atoms with Gasteiger partial charge in [0.2, 0.25) is 0 Å². The number of aliphatic hydroxyl groups excluding tert-OH is 1. The van der Waals surface area contributed by atoms with Gasteiger partial charge in [-0.05, 0) is 45.4 Å². The van der Waals surface area contributed by atoms with Crippen molar-refractivity contribution in [1.29, 1.82) is 0 Å². The van der Waals surface area contributed by atoms with E-state index in [-0.39, 0.29) is 18.4 Å². The van der Waals surface area contributed by atoms with Crippen LogP contribution < -0.4 is 5.32 Å². The number of nitrogens with one attached hydrogen (secondary N) is 1. The van der Waals surface area contributed by atoms with Crippen LogP contribution in [0.15, 0.2) is 0 Å². The molecule has 0 aromatic heterocycles. The van der Waals surface area contributed by atoms with Gasteiger partial charge >= 0.3 is 0 Å². The molecule has 4 nitrogen and oxygen atoms in total. The Hall–Kier alpha value is -0.160. The third-order valence-corrected chi connectivity index (χ3v) is 3.88. The Morgan fingerprint density at radius 1 is 1.22 bits per heavy atom. The number of hydrogen-bond acceptors (Lipinski definition) is 4. The lowest BCUT2D eigenvalue weighted by atomic mass is 9.77. The molecule has 0 aromatic carbocycles. The van der Waals surface area contributed by atoms with Crippen LogP contribution in [0.25, 0.3) is 0 Å². The van der Waals surface area contributed by atoms with E-state index >= 15 is 0 Å². The molecule has 4 heteroatoms. The van der Waals surface area contributed by atoms with E-state index in [1.165, 1.54) is 12.8 Å². The summed E-state index contributed by atoms with van der Waals surface area (Å²) in [7, 11) is 0. The number of rotatable bonds is 8. The Balaban J connectivity index is 2.41. The first-order valence-corrected chi connectivity index (χ1v) is 7.25. The maximum absolute atomic E-state index is 9.66. The van der Waals surface area contributed by atoms with Crippen LogP contribution in [0.3, 0.4) is 0 Å². The van der Waals surface area contributed by atoms with Gasteiger partial charge in [-0.15, -0.1) is 0 Å². The van der Waals surface area contributed by atoms with E-state index in [0.29, 0.717) is 19.8 Å². The molecule has 1 saturated carbocycles. The summed E-state index contributed by atoms with van der Waals surface area (Å²) in [5, 5.41) is 13.1. The Morgan fingerprint density at radius 3 is 2.22 bits per heavy atom. The molecule has 1 fully saturated rings. The van der Waals surface area contributed by atoms with Crippen LogP contribution in [0.5, 0.6) is 0 Å². The van der Waals surface area contributed by atoms with Crippen LogP contribution in [-0.4, -0.2) is 43.3 Å². The summed E-state index contributed by atoms with van der Waals surface area (Å²) in [4.78, 5) is 0. The third kappa shape index (κ3) is 4.84. The molecule has 2 N–H and O–H groups in total. The highest BCUT2D eigenvalue weighted by molar-refractivity contribution is 4.91. The minimum Gasteiger partial charge on any atom is -0.394 e. The number of hydrogen-bond donors (Lipinski definition) is 2. The largest absolute Gasteiger partial charge is 0.394 e. The van der Waals surface area contributed by atoms with E-state index in [0.717, 1.165) is 18.8 Å². The Morgan fingerprint density at radius 2 is 1.78 bits per heavy atom. The van der Waals surface area contributed by atoms with Crippen molar-refractivity contribution in [2.45, 2.75) is 58.3 Å². The van der Waals surface area contributed by atoms with E-state index < -0.39 is 0 Å². The topological polar surface area (TPSA) is 50.7 Å². The summed E-state index contributed by atoms with van der Waals surface area (Å²) in [6, 6.07) is 0. The summed E-state index contributed by atoms with van der Waals surface area (Å²) in [5.41, 5.74) is -0.126. The van der Waals surface area contributed by atoms with Gasteiger partial charge in [-0.2, -0.15) is 0 Å². The summed E-state index contributed by atoms with van der Waals surface area (Å²) in [5.74, 6) is 0.779. The molecular formula is C14H29NO3. The van der Waals surface area contributed by atoms with Crippen molar-refractivity contribution in [3.63, 3.8) is 0 Å². The van der Waals surface area contributed by atoms with Crippen molar-refractivity contribution < 1.29 is 14.6 Å². The van der Waals surface area contributed by atoms with Crippen molar-refractivity contribution in [2.24, 2.45) is 5.92 Å². The first-order chi connectivity index (χ1) is 8.65. The molecule has 0 saturated heterocycles. The molecule has 0 unspecified atom stereocenters. The second-order valence-corrected chi connectivity index (χ2v) is 5.34. The van der Waals surface area contributed by atoms with Crippen molar-refractivity contribution in [3.05, 3.63) is 0 Å². The highest BCUT2D eigenvalue weighted by atomic mass is 16.7. The summed E-state index contributed by atoms with van der Waals surface area (Å²) < 4.78 is 11.0. The highest BCUT2D eigenvalue weighted by Crippen LogP contribution is 2.31. The second-order valence-electron chi connectivity index (χ2n) is 5.34. The van der Waals surface area contributed by atoms with Gasteiger partial charge in [-0.25, -0.2) is 0 Å². The van der Waals surface area contributed by atoms with Gasteiger partial charge in [0.05, 0.1) is 6.61 Å².